The van der Waals surface area contributed by atoms with Gasteiger partial charge in [0.2, 0.25) is 0 Å². The highest BCUT2D eigenvalue weighted by Gasteiger charge is 2.27. The standard InChI is InChI=1S/C19H30O2Si/c1-19(2,3)18(21)14-16(20)12-13-17(22(4,5)6)15-10-8-7-9-11-15/h7-13,16-17,20H,14H2,1-6H3/b13-12-/t16-,17-/m1/s1. The van der Waals surface area contributed by atoms with Crippen molar-refractivity contribution in [2.75, 3.05) is 0 Å². The van der Waals surface area contributed by atoms with Crippen LogP contribution in [0, 0.1) is 5.41 Å². The highest BCUT2D eigenvalue weighted by Crippen LogP contribution is 2.28. The largest absolute Gasteiger partial charge is 0.389 e. The smallest absolute Gasteiger partial charge is 0.141 e. The van der Waals surface area contributed by atoms with Crippen LogP contribution in [0.1, 0.15) is 38.3 Å². The van der Waals surface area contributed by atoms with Crippen LogP contribution in [0.3, 0.4) is 0 Å². The summed E-state index contributed by atoms with van der Waals surface area (Å²) in [4.78, 5) is 12.0. The summed E-state index contributed by atoms with van der Waals surface area (Å²) in [6.45, 7) is 12.6. The minimum atomic E-state index is -1.45. The van der Waals surface area contributed by atoms with Crippen LogP contribution in [0.2, 0.25) is 19.6 Å². The van der Waals surface area contributed by atoms with Gasteiger partial charge in [-0.3, -0.25) is 4.79 Å². The van der Waals surface area contributed by atoms with Gasteiger partial charge < -0.3 is 5.11 Å². The van der Waals surface area contributed by atoms with Gasteiger partial charge in [-0.05, 0) is 11.1 Å². The molecule has 0 aromatic heterocycles. The molecule has 0 spiro atoms. The van der Waals surface area contributed by atoms with Gasteiger partial charge in [-0.15, -0.1) is 0 Å². The molecule has 1 N–H and O–H groups in total. The average Bonchev–Trinajstić information content (AvgIpc) is 2.37. The van der Waals surface area contributed by atoms with Crippen LogP contribution in [0.15, 0.2) is 42.5 Å². The number of allylic oxidation sites excluding steroid dienone is 1. The van der Waals surface area contributed by atoms with Gasteiger partial charge in [-0.1, -0.05) is 82.9 Å². The Bertz CT molecular complexity index is 506. The third-order valence-electron chi connectivity index (χ3n) is 3.85. The number of carbonyl (C=O) groups excluding carboxylic acids is 1. The lowest BCUT2D eigenvalue weighted by atomic mass is 9.87. The van der Waals surface area contributed by atoms with Crippen LogP contribution in [-0.2, 0) is 4.79 Å². The Morgan fingerprint density at radius 1 is 1.14 bits per heavy atom. The number of hydrogen-bond donors (Lipinski definition) is 1. The molecular weight excluding hydrogens is 288 g/mol. The van der Waals surface area contributed by atoms with Gasteiger partial charge in [-0.25, -0.2) is 0 Å². The Morgan fingerprint density at radius 3 is 2.14 bits per heavy atom. The fourth-order valence-electron chi connectivity index (χ4n) is 2.36. The van der Waals surface area contributed by atoms with Crippen LogP contribution >= 0.6 is 0 Å². The second-order valence-electron chi connectivity index (χ2n) is 8.08. The topological polar surface area (TPSA) is 37.3 Å². The third-order valence-corrected chi connectivity index (χ3v) is 6.24. The SMILES string of the molecule is CC(C)(C)C(=O)C[C@H](O)/C=C\[C@H](c1ccccc1)[Si](C)(C)C. The van der Waals surface area contributed by atoms with E-state index < -0.39 is 19.6 Å². The van der Waals surface area contributed by atoms with Crippen molar-refractivity contribution in [3.63, 3.8) is 0 Å². The van der Waals surface area contributed by atoms with Crippen molar-refractivity contribution in [1.29, 1.82) is 0 Å². The number of benzene rings is 1. The van der Waals surface area contributed by atoms with Gasteiger partial charge in [0.05, 0.1) is 14.2 Å². The van der Waals surface area contributed by atoms with Gasteiger partial charge in [0.25, 0.3) is 0 Å². The molecule has 0 amide bonds. The van der Waals surface area contributed by atoms with Crippen molar-refractivity contribution in [3.05, 3.63) is 48.0 Å². The number of aliphatic hydroxyl groups excluding tert-OH is 1. The van der Waals surface area contributed by atoms with E-state index in [1.165, 1.54) is 5.56 Å². The lowest BCUT2D eigenvalue weighted by Crippen LogP contribution is -2.30. The van der Waals surface area contributed by atoms with Crippen molar-refractivity contribution in [3.8, 4) is 0 Å². The number of hydrogen-bond acceptors (Lipinski definition) is 2. The summed E-state index contributed by atoms with van der Waals surface area (Å²) in [5, 5.41) is 10.2. The summed E-state index contributed by atoms with van der Waals surface area (Å²) >= 11 is 0. The third kappa shape index (κ3) is 5.89. The lowest BCUT2D eigenvalue weighted by Gasteiger charge is -2.27. The van der Waals surface area contributed by atoms with Crippen LogP contribution in [-0.4, -0.2) is 25.1 Å². The first-order valence-electron chi connectivity index (χ1n) is 7.96. The predicted molar refractivity (Wildman–Crippen MR) is 96.8 cm³/mol. The highest BCUT2D eigenvalue weighted by atomic mass is 28.3. The molecule has 0 radical (unpaired) electrons. The molecule has 0 fully saturated rings. The van der Waals surface area contributed by atoms with E-state index in [0.29, 0.717) is 5.54 Å². The average molecular weight is 319 g/mol. The van der Waals surface area contributed by atoms with Crippen molar-refractivity contribution in [1.82, 2.24) is 0 Å². The summed E-state index contributed by atoms with van der Waals surface area (Å²) in [6, 6.07) is 10.4. The normalized spacial score (nSPS) is 15.8. The molecule has 2 nitrogen and oxygen atoms in total. The molecule has 22 heavy (non-hydrogen) atoms. The fourth-order valence-corrected chi connectivity index (χ4v) is 4.24. The van der Waals surface area contributed by atoms with Crippen molar-refractivity contribution in [2.45, 2.75) is 58.5 Å². The molecule has 1 rings (SSSR count). The maximum atomic E-state index is 12.0. The number of carbonyl (C=O) groups is 1. The Kier molecular flexibility index (Phi) is 6.33. The second kappa shape index (κ2) is 7.38. The number of Topliss-reactive ketones (excluding diaryl/α,β-unsaturated/α-hetero) is 1. The van der Waals surface area contributed by atoms with E-state index in [1.54, 1.807) is 6.08 Å². The molecule has 0 aliphatic carbocycles. The Balaban J connectivity index is 2.85. The summed E-state index contributed by atoms with van der Waals surface area (Å²) in [5.74, 6) is 0.0916. The number of aliphatic hydroxyl groups is 1. The zero-order valence-electron chi connectivity index (χ0n) is 14.8. The van der Waals surface area contributed by atoms with E-state index in [2.05, 4.69) is 50.0 Å². The molecule has 1 aromatic rings. The van der Waals surface area contributed by atoms with Gasteiger partial charge >= 0.3 is 0 Å². The van der Waals surface area contributed by atoms with E-state index >= 15 is 0 Å². The van der Waals surface area contributed by atoms with Gasteiger partial charge in [-0.2, -0.15) is 0 Å². The van der Waals surface area contributed by atoms with Crippen LogP contribution in [0.4, 0.5) is 0 Å². The van der Waals surface area contributed by atoms with E-state index in [-0.39, 0.29) is 12.2 Å². The molecule has 0 aliphatic rings. The van der Waals surface area contributed by atoms with Crippen LogP contribution in [0.5, 0.6) is 0 Å². The number of rotatable bonds is 6. The molecule has 2 atom stereocenters. The zero-order valence-corrected chi connectivity index (χ0v) is 15.8. The van der Waals surface area contributed by atoms with Crippen molar-refractivity contribution in [2.24, 2.45) is 5.41 Å². The Hall–Kier alpha value is -1.19. The highest BCUT2D eigenvalue weighted by molar-refractivity contribution is 6.78. The summed E-state index contributed by atoms with van der Waals surface area (Å²) < 4.78 is 0. The first-order valence-corrected chi connectivity index (χ1v) is 11.5. The molecule has 0 bridgehead atoms. The Morgan fingerprint density at radius 2 is 1.68 bits per heavy atom. The maximum Gasteiger partial charge on any atom is 0.141 e. The molecule has 0 saturated heterocycles. The van der Waals surface area contributed by atoms with Gasteiger partial charge in [0, 0.05) is 11.8 Å². The van der Waals surface area contributed by atoms with E-state index in [0.717, 1.165) is 0 Å². The molecule has 1 aromatic carbocycles. The van der Waals surface area contributed by atoms with Crippen molar-refractivity contribution < 1.29 is 9.90 Å². The van der Waals surface area contributed by atoms with E-state index in [1.807, 2.05) is 26.8 Å². The molecule has 0 unspecified atom stereocenters. The predicted octanol–water partition coefficient (Wildman–Crippen LogP) is 4.57. The minimum Gasteiger partial charge on any atom is -0.389 e. The summed E-state index contributed by atoms with van der Waals surface area (Å²) in [6.07, 6.45) is 3.39. The quantitative estimate of drug-likeness (QED) is 0.616. The lowest BCUT2D eigenvalue weighted by molar-refractivity contribution is -0.127. The van der Waals surface area contributed by atoms with Gasteiger partial charge in [0.1, 0.15) is 5.78 Å². The summed E-state index contributed by atoms with van der Waals surface area (Å²) in [7, 11) is -1.45. The van der Waals surface area contributed by atoms with Crippen LogP contribution in [0.25, 0.3) is 0 Å². The summed E-state index contributed by atoms with van der Waals surface area (Å²) in [5.41, 5.74) is 1.23. The molecule has 0 aliphatic heterocycles. The molecule has 0 heterocycles. The molecule has 0 saturated carbocycles. The minimum absolute atomic E-state index is 0.0916. The first kappa shape index (κ1) is 18.9. The van der Waals surface area contributed by atoms with E-state index in [9.17, 15) is 9.90 Å². The first-order chi connectivity index (χ1) is 10.0. The number of ketones is 1. The van der Waals surface area contributed by atoms with Crippen molar-refractivity contribution >= 4 is 13.9 Å². The molecule has 122 valence electrons. The van der Waals surface area contributed by atoms with Crippen LogP contribution < -0.4 is 0 Å². The van der Waals surface area contributed by atoms with E-state index in [4.69, 9.17) is 0 Å². The second-order valence-corrected chi connectivity index (χ2v) is 13.4. The Labute approximate surface area is 136 Å². The fraction of sp³-hybridized carbons (Fsp3) is 0.526. The van der Waals surface area contributed by atoms with Gasteiger partial charge in [0.15, 0.2) is 0 Å². The molecular formula is C19H30O2Si. The monoisotopic (exact) mass is 318 g/mol. The molecule has 3 heteroatoms. The zero-order chi connectivity index (χ0) is 17.0. The maximum absolute atomic E-state index is 12.0.